The van der Waals surface area contributed by atoms with E-state index in [1.165, 1.54) is 6.07 Å². The Bertz CT molecular complexity index is 683. The number of nitrogens with zero attached hydrogens (tertiary/aromatic N) is 1. The Morgan fingerprint density at radius 2 is 1.91 bits per heavy atom. The van der Waals surface area contributed by atoms with Crippen LogP contribution in [0.3, 0.4) is 0 Å². The van der Waals surface area contributed by atoms with Crippen LogP contribution in [0.1, 0.15) is 17.3 Å². The van der Waals surface area contributed by atoms with Gasteiger partial charge in [-0.15, -0.1) is 0 Å². The van der Waals surface area contributed by atoms with Crippen LogP contribution >= 0.6 is 0 Å². The zero-order valence-electron chi connectivity index (χ0n) is 12.0. The van der Waals surface area contributed by atoms with Gasteiger partial charge in [0, 0.05) is 12.2 Å². The maximum absolute atomic E-state index is 14.3. The van der Waals surface area contributed by atoms with Crippen molar-refractivity contribution in [1.82, 2.24) is 5.12 Å². The smallest absolute Gasteiger partial charge is 0.331 e. The van der Waals surface area contributed by atoms with Gasteiger partial charge in [0.05, 0.1) is 6.61 Å². The fourth-order valence-electron chi connectivity index (χ4n) is 2.13. The second-order valence-electron chi connectivity index (χ2n) is 4.66. The molecular weight excluding hydrogens is 289 g/mol. The molecule has 1 unspecified atom stereocenters. The zero-order valence-corrected chi connectivity index (χ0v) is 12.0. The number of halogens is 1. The van der Waals surface area contributed by atoms with E-state index in [9.17, 15) is 14.1 Å². The fourth-order valence-corrected chi connectivity index (χ4v) is 2.13. The van der Waals surface area contributed by atoms with Crippen LogP contribution in [0.25, 0.3) is 10.8 Å². The summed E-state index contributed by atoms with van der Waals surface area (Å²) in [5, 5.41) is 10.1. The lowest BCUT2D eigenvalue weighted by atomic mass is 10.0. The molecule has 0 aliphatic heterocycles. The molecule has 0 bridgehead atoms. The number of carboxylic acid groups (broad SMARTS) is 1. The quantitative estimate of drug-likeness (QED) is 0.833. The Morgan fingerprint density at radius 1 is 1.23 bits per heavy atom. The van der Waals surface area contributed by atoms with Crippen molar-refractivity contribution in [3.8, 4) is 0 Å². The fraction of sp³-hybridized carbons (Fsp3) is 0.250. The number of amides is 1. The minimum atomic E-state index is -1.67. The standard InChI is InChI=1S/C16H16FNO4/c1-2-22-10-14(16(20)21)18(17)15(19)13-9-5-7-11-6-3-4-8-12(11)13/h3-9,14H,2,10H2,1H3,(H,20,21). The molecule has 0 heterocycles. The summed E-state index contributed by atoms with van der Waals surface area (Å²) in [7, 11) is 0. The lowest BCUT2D eigenvalue weighted by Gasteiger charge is -2.20. The van der Waals surface area contributed by atoms with Crippen molar-refractivity contribution in [3.05, 3.63) is 48.0 Å². The Hall–Kier alpha value is -2.47. The third-order valence-corrected chi connectivity index (χ3v) is 3.25. The van der Waals surface area contributed by atoms with Gasteiger partial charge in [-0.05, 0) is 23.8 Å². The number of carbonyl (C=O) groups excluding carboxylic acids is 1. The molecule has 22 heavy (non-hydrogen) atoms. The van der Waals surface area contributed by atoms with Crippen LogP contribution in [0.4, 0.5) is 4.48 Å². The van der Waals surface area contributed by atoms with Crippen molar-refractivity contribution in [3.63, 3.8) is 0 Å². The summed E-state index contributed by atoms with van der Waals surface area (Å²) in [4.78, 5) is 23.4. The van der Waals surface area contributed by atoms with Gasteiger partial charge < -0.3 is 9.84 Å². The van der Waals surface area contributed by atoms with Crippen molar-refractivity contribution >= 4 is 22.6 Å². The van der Waals surface area contributed by atoms with E-state index < -0.39 is 24.5 Å². The van der Waals surface area contributed by atoms with E-state index in [1.54, 1.807) is 43.3 Å². The van der Waals surface area contributed by atoms with Crippen LogP contribution < -0.4 is 0 Å². The summed E-state index contributed by atoms with van der Waals surface area (Å²) in [6, 6.07) is 10.2. The first-order valence-electron chi connectivity index (χ1n) is 6.84. The largest absolute Gasteiger partial charge is 0.480 e. The first-order chi connectivity index (χ1) is 10.6. The van der Waals surface area contributed by atoms with E-state index in [4.69, 9.17) is 9.84 Å². The highest BCUT2D eigenvalue weighted by atomic mass is 19.2. The number of ether oxygens (including phenoxy) is 1. The van der Waals surface area contributed by atoms with Crippen LogP contribution in [0.5, 0.6) is 0 Å². The molecule has 2 aromatic rings. The Morgan fingerprint density at radius 3 is 2.59 bits per heavy atom. The van der Waals surface area contributed by atoms with Gasteiger partial charge in [0.2, 0.25) is 0 Å². The van der Waals surface area contributed by atoms with E-state index in [0.29, 0.717) is 5.39 Å². The minimum Gasteiger partial charge on any atom is -0.480 e. The second kappa shape index (κ2) is 7.00. The van der Waals surface area contributed by atoms with Gasteiger partial charge in [0.1, 0.15) is 0 Å². The highest BCUT2D eigenvalue weighted by molar-refractivity contribution is 6.07. The highest BCUT2D eigenvalue weighted by Crippen LogP contribution is 2.21. The third kappa shape index (κ3) is 3.23. The van der Waals surface area contributed by atoms with Gasteiger partial charge in [-0.25, -0.2) is 4.79 Å². The minimum absolute atomic E-state index is 0.114. The average molecular weight is 305 g/mol. The van der Waals surface area contributed by atoms with E-state index >= 15 is 0 Å². The summed E-state index contributed by atoms with van der Waals surface area (Å²) in [6.45, 7) is 1.49. The predicted molar refractivity (Wildman–Crippen MR) is 79.1 cm³/mol. The molecule has 0 fully saturated rings. The Labute approximate surface area is 126 Å². The molecule has 0 aliphatic carbocycles. The normalized spacial score (nSPS) is 12.1. The van der Waals surface area contributed by atoms with Gasteiger partial charge in [-0.3, -0.25) is 4.79 Å². The average Bonchev–Trinajstić information content (AvgIpc) is 2.53. The van der Waals surface area contributed by atoms with Crippen LogP contribution in [0.15, 0.2) is 42.5 Å². The molecule has 0 spiro atoms. The van der Waals surface area contributed by atoms with Crippen LogP contribution in [0, 0.1) is 0 Å². The van der Waals surface area contributed by atoms with Gasteiger partial charge in [-0.2, -0.15) is 5.12 Å². The van der Waals surface area contributed by atoms with E-state index in [1.807, 2.05) is 0 Å². The number of aliphatic carboxylic acids is 1. The van der Waals surface area contributed by atoms with Crippen molar-refractivity contribution < 1.29 is 23.9 Å². The molecule has 0 radical (unpaired) electrons. The molecule has 2 rings (SSSR count). The molecule has 1 N–H and O–H groups in total. The van der Waals surface area contributed by atoms with Gasteiger partial charge in [-0.1, -0.05) is 40.9 Å². The number of carboxylic acids is 1. The molecular formula is C16H16FNO4. The topological polar surface area (TPSA) is 66.8 Å². The summed E-state index contributed by atoms with van der Waals surface area (Å²) in [5.74, 6) is -2.45. The molecule has 1 atom stereocenters. The molecule has 0 aliphatic rings. The van der Waals surface area contributed by atoms with Crippen LogP contribution in [0.2, 0.25) is 0 Å². The number of fused-ring (bicyclic) bond motifs is 1. The maximum atomic E-state index is 14.3. The first kappa shape index (κ1) is 15.9. The molecule has 0 saturated heterocycles. The Balaban J connectivity index is 2.34. The van der Waals surface area contributed by atoms with E-state index in [2.05, 4.69) is 0 Å². The van der Waals surface area contributed by atoms with E-state index in [0.717, 1.165) is 5.39 Å². The van der Waals surface area contributed by atoms with Crippen LogP contribution in [-0.2, 0) is 9.53 Å². The van der Waals surface area contributed by atoms with Crippen molar-refractivity contribution in [2.45, 2.75) is 13.0 Å². The highest BCUT2D eigenvalue weighted by Gasteiger charge is 2.32. The molecule has 2 aromatic carbocycles. The number of carbonyl (C=O) groups is 2. The zero-order chi connectivity index (χ0) is 16.1. The number of hydrogen-bond donors (Lipinski definition) is 1. The SMILES string of the molecule is CCOCC(C(=O)O)N(F)C(=O)c1cccc2ccccc12. The molecule has 0 saturated carbocycles. The number of benzene rings is 2. The molecule has 0 aromatic heterocycles. The molecule has 5 nitrogen and oxygen atoms in total. The summed E-state index contributed by atoms with van der Waals surface area (Å²) >= 11 is 0. The summed E-state index contributed by atoms with van der Waals surface area (Å²) < 4.78 is 19.2. The molecule has 116 valence electrons. The van der Waals surface area contributed by atoms with E-state index in [-0.39, 0.29) is 17.3 Å². The second-order valence-corrected chi connectivity index (χ2v) is 4.66. The van der Waals surface area contributed by atoms with Gasteiger partial charge >= 0.3 is 5.97 Å². The van der Waals surface area contributed by atoms with Crippen molar-refractivity contribution in [2.75, 3.05) is 13.2 Å². The number of hydrogen-bond acceptors (Lipinski definition) is 3. The lowest BCUT2D eigenvalue weighted by Crippen LogP contribution is -2.43. The maximum Gasteiger partial charge on any atom is 0.331 e. The summed E-state index contributed by atoms with van der Waals surface area (Å²) in [6.07, 6.45) is 0. The molecule has 6 heteroatoms. The van der Waals surface area contributed by atoms with Gasteiger partial charge in [0.15, 0.2) is 6.04 Å². The Kier molecular flexibility index (Phi) is 5.06. The monoisotopic (exact) mass is 305 g/mol. The molecule has 1 amide bonds. The van der Waals surface area contributed by atoms with Crippen molar-refractivity contribution in [2.24, 2.45) is 0 Å². The predicted octanol–water partition coefficient (Wildman–Crippen LogP) is 2.66. The van der Waals surface area contributed by atoms with Gasteiger partial charge in [0.25, 0.3) is 5.91 Å². The third-order valence-electron chi connectivity index (χ3n) is 3.25. The van der Waals surface area contributed by atoms with Crippen LogP contribution in [-0.4, -0.2) is 41.4 Å². The lowest BCUT2D eigenvalue weighted by molar-refractivity contribution is -0.151. The number of rotatable bonds is 6. The summed E-state index contributed by atoms with van der Waals surface area (Å²) in [5.41, 5.74) is 0.114. The first-order valence-corrected chi connectivity index (χ1v) is 6.84. The van der Waals surface area contributed by atoms with Crippen molar-refractivity contribution in [1.29, 1.82) is 0 Å².